The van der Waals surface area contributed by atoms with E-state index in [2.05, 4.69) is 22.4 Å². The number of likely N-dealkylation sites (N-methyl/N-ethyl adjacent to an activating group) is 1. The average Bonchev–Trinajstić information content (AvgIpc) is 3.73. The Morgan fingerprint density at radius 1 is 1.02 bits per heavy atom. The molecule has 0 saturated carbocycles. The SMILES string of the molecule is Cc1ncsc1-c1ccc([C@@H](NC(=O)[C@@H]2C[C@@H](O)CN2C(=O)OCC2c3ccccc3-c3ccccc32)C(=O)N(C)C)cc1. The van der Waals surface area contributed by atoms with Gasteiger partial charge in [0.2, 0.25) is 11.8 Å². The minimum absolute atomic E-state index is 0.0377. The Morgan fingerprint density at radius 2 is 1.66 bits per heavy atom. The van der Waals surface area contributed by atoms with Crippen LogP contribution in [-0.4, -0.2) is 77.2 Å². The van der Waals surface area contributed by atoms with Crippen LogP contribution in [0, 0.1) is 6.92 Å². The van der Waals surface area contributed by atoms with Crippen molar-refractivity contribution in [3.63, 3.8) is 0 Å². The fourth-order valence-corrected chi connectivity index (χ4v) is 6.94. The maximum Gasteiger partial charge on any atom is 0.410 e. The van der Waals surface area contributed by atoms with E-state index in [1.165, 1.54) is 21.1 Å². The van der Waals surface area contributed by atoms with E-state index in [9.17, 15) is 19.5 Å². The fraction of sp³-hybridized carbons (Fsp3) is 0.294. The second-order valence-electron chi connectivity index (χ2n) is 11.4. The third-order valence-electron chi connectivity index (χ3n) is 8.38. The first-order valence-corrected chi connectivity index (χ1v) is 15.4. The quantitative estimate of drug-likeness (QED) is 0.313. The van der Waals surface area contributed by atoms with E-state index >= 15 is 0 Å². The van der Waals surface area contributed by atoms with Crippen molar-refractivity contribution in [3.05, 3.63) is 101 Å². The summed E-state index contributed by atoms with van der Waals surface area (Å²) < 4.78 is 5.80. The van der Waals surface area contributed by atoms with E-state index in [4.69, 9.17) is 4.74 Å². The Balaban J connectivity index is 1.17. The van der Waals surface area contributed by atoms with Gasteiger partial charge in [0, 0.05) is 26.4 Å². The van der Waals surface area contributed by atoms with Crippen molar-refractivity contribution < 1.29 is 24.2 Å². The van der Waals surface area contributed by atoms with Crippen LogP contribution in [0.2, 0.25) is 0 Å². The number of hydrogen-bond acceptors (Lipinski definition) is 7. The summed E-state index contributed by atoms with van der Waals surface area (Å²) in [6.07, 6.45) is -1.53. The molecule has 1 aliphatic heterocycles. The molecule has 1 fully saturated rings. The summed E-state index contributed by atoms with van der Waals surface area (Å²) >= 11 is 1.53. The Bertz CT molecular complexity index is 1660. The molecule has 1 aromatic heterocycles. The lowest BCUT2D eigenvalue weighted by Gasteiger charge is -2.27. The van der Waals surface area contributed by atoms with E-state index in [-0.39, 0.29) is 31.4 Å². The van der Waals surface area contributed by atoms with Crippen molar-refractivity contribution in [3.8, 4) is 21.6 Å². The largest absolute Gasteiger partial charge is 0.448 e. The summed E-state index contributed by atoms with van der Waals surface area (Å²) in [4.78, 5) is 48.3. The van der Waals surface area contributed by atoms with E-state index in [1.54, 1.807) is 19.6 Å². The molecule has 226 valence electrons. The zero-order valence-corrected chi connectivity index (χ0v) is 25.6. The summed E-state index contributed by atoms with van der Waals surface area (Å²) in [6.45, 7) is 2.00. The number of nitrogens with one attached hydrogen (secondary N) is 1. The lowest BCUT2D eigenvalue weighted by atomic mass is 9.98. The standard InChI is InChI=1S/C34H34N4O5S/c1-20-31(44-19-35-20)22-14-12-21(13-15-22)30(33(41)37(2)3)36-32(40)29-16-23(39)17-38(29)34(42)43-18-28-26-10-6-4-8-24(26)25-9-5-7-11-27(25)28/h4-15,19,23,28-30,39H,16-18H2,1-3H3,(H,36,40)/t23-,29+,30-/m1/s1. The third kappa shape index (κ3) is 5.58. The number of ether oxygens (including phenoxy) is 1. The molecule has 2 N–H and O–H groups in total. The molecule has 44 heavy (non-hydrogen) atoms. The normalized spacial score (nSPS) is 18.0. The van der Waals surface area contributed by atoms with E-state index < -0.39 is 30.2 Å². The van der Waals surface area contributed by atoms with Gasteiger partial charge in [0.05, 0.1) is 28.7 Å². The fourth-order valence-electron chi connectivity index (χ4n) is 6.13. The van der Waals surface area contributed by atoms with Gasteiger partial charge < -0.3 is 20.1 Å². The molecule has 0 bridgehead atoms. The van der Waals surface area contributed by atoms with E-state index in [0.29, 0.717) is 5.56 Å². The van der Waals surface area contributed by atoms with Crippen LogP contribution in [0.1, 0.15) is 40.8 Å². The lowest BCUT2D eigenvalue weighted by Crippen LogP contribution is -2.49. The Morgan fingerprint density at radius 3 is 2.25 bits per heavy atom. The highest BCUT2D eigenvalue weighted by molar-refractivity contribution is 7.13. The lowest BCUT2D eigenvalue weighted by molar-refractivity contribution is -0.135. The van der Waals surface area contributed by atoms with Crippen LogP contribution in [-0.2, 0) is 14.3 Å². The predicted octanol–water partition coefficient (Wildman–Crippen LogP) is 4.75. The number of carbonyl (C=O) groups excluding carboxylic acids is 3. The summed E-state index contributed by atoms with van der Waals surface area (Å²) in [5.74, 6) is -0.978. The highest BCUT2D eigenvalue weighted by Gasteiger charge is 2.42. The third-order valence-corrected chi connectivity index (χ3v) is 9.36. The average molecular weight is 611 g/mol. The number of amides is 3. The van der Waals surface area contributed by atoms with Gasteiger partial charge in [0.1, 0.15) is 18.7 Å². The molecular formula is C34H34N4O5S. The zero-order chi connectivity index (χ0) is 31.0. The highest BCUT2D eigenvalue weighted by Crippen LogP contribution is 2.44. The predicted molar refractivity (Wildman–Crippen MR) is 168 cm³/mol. The number of β-amino-alcohol motifs (C(OH)–C–C–N with tert-alkyl or cyclic N) is 1. The van der Waals surface area contributed by atoms with Gasteiger partial charge in [-0.25, -0.2) is 9.78 Å². The van der Waals surface area contributed by atoms with Gasteiger partial charge in [-0.1, -0.05) is 72.8 Å². The molecule has 3 aromatic carbocycles. The molecule has 3 amide bonds. The van der Waals surface area contributed by atoms with Gasteiger partial charge in [0.25, 0.3) is 0 Å². The van der Waals surface area contributed by atoms with Crippen LogP contribution in [0.4, 0.5) is 4.79 Å². The van der Waals surface area contributed by atoms with Crippen molar-refractivity contribution in [1.29, 1.82) is 0 Å². The second-order valence-corrected chi connectivity index (χ2v) is 12.3. The Hall–Kier alpha value is -4.54. The molecule has 4 aromatic rings. The smallest absolute Gasteiger partial charge is 0.410 e. The molecule has 10 heteroatoms. The molecule has 6 rings (SSSR count). The van der Waals surface area contributed by atoms with Crippen LogP contribution >= 0.6 is 11.3 Å². The minimum Gasteiger partial charge on any atom is -0.448 e. The number of benzene rings is 3. The Labute approximate surface area is 260 Å². The molecule has 0 spiro atoms. The number of aromatic nitrogens is 1. The number of nitrogens with zero attached hydrogens (tertiary/aromatic N) is 3. The molecule has 1 saturated heterocycles. The van der Waals surface area contributed by atoms with Gasteiger partial charge >= 0.3 is 6.09 Å². The summed E-state index contributed by atoms with van der Waals surface area (Å²) in [5, 5.41) is 13.3. The van der Waals surface area contributed by atoms with Gasteiger partial charge in [-0.15, -0.1) is 11.3 Å². The number of carbonyl (C=O) groups is 3. The van der Waals surface area contributed by atoms with Crippen LogP contribution in [0.15, 0.2) is 78.3 Å². The number of hydrogen-bond donors (Lipinski definition) is 2. The monoisotopic (exact) mass is 610 g/mol. The van der Waals surface area contributed by atoms with Gasteiger partial charge in [-0.05, 0) is 40.3 Å². The number of rotatable bonds is 7. The molecular weight excluding hydrogens is 576 g/mol. The van der Waals surface area contributed by atoms with Crippen molar-refractivity contribution >= 4 is 29.2 Å². The van der Waals surface area contributed by atoms with Crippen molar-refractivity contribution in [2.45, 2.75) is 37.5 Å². The molecule has 2 aliphatic rings. The van der Waals surface area contributed by atoms with Crippen LogP contribution in [0.25, 0.3) is 21.6 Å². The van der Waals surface area contributed by atoms with E-state index in [1.807, 2.05) is 67.6 Å². The number of aryl methyl sites for hydroxylation is 1. The van der Waals surface area contributed by atoms with Crippen molar-refractivity contribution in [1.82, 2.24) is 20.1 Å². The van der Waals surface area contributed by atoms with E-state index in [0.717, 1.165) is 38.4 Å². The number of likely N-dealkylation sites (tertiary alicyclic amines) is 1. The number of aliphatic hydroxyl groups is 1. The molecule has 3 atom stereocenters. The topological polar surface area (TPSA) is 112 Å². The number of thiazole rings is 1. The number of aliphatic hydroxyl groups excluding tert-OH is 1. The first-order chi connectivity index (χ1) is 21.2. The first kappa shape index (κ1) is 29.5. The van der Waals surface area contributed by atoms with Crippen LogP contribution < -0.4 is 5.32 Å². The van der Waals surface area contributed by atoms with Crippen LogP contribution in [0.3, 0.4) is 0 Å². The molecule has 9 nitrogen and oxygen atoms in total. The Kier molecular flexibility index (Phi) is 8.20. The summed E-state index contributed by atoms with van der Waals surface area (Å²) in [7, 11) is 3.25. The van der Waals surface area contributed by atoms with Crippen LogP contribution in [0.5, 0.6) is 0 Å². The maximum absolute atomic E-state index is 13.7. The van der Waals surface area contributed by atoms with Gasteiger partial charge in [0.15, 0.2) is 0 Å². The summed E-state index contributed by atoms with van der Waals surface area (Å²) in [6, 6.07) is 21.6. The van der Waals surface area contributed by atoms with Gasteiger partial charge in [-0.3, -0.25) is 14.5 Å². The maximum atomic E-state index is 13.7. The molecule has 1 aliphatic carbocycles. The minimum atomic E-state index is -0.989. The van der Waals surface area contributed by atoms with Crippen molar-refractivity contribution in [2.24, 2.45) is 0 Å². The molecule has 2 heterocycles. The summed E-state index contributed by atoms with van der Waals surface area (Å²) in [5.41, 5.74) is 8.68. The first-order valence-electron chi connectivity index (χ1n) is 14.5. The van der Waals surface area contributed by atoms with Crippen molar-refractivity contribution in [2.75, 3.05) is 27.2 Å². The van der Waals surface area contributed by atoms with Gasteiger partial charge in [-0.2, -0.15) is 0 Å². The zero-order valence-electron chi connectivity index (χ0n) is 24.8. The highest BCUT2D eigenvalue weighted by atomic mass is 32.1. The number of fused-ring (bicyclic) bond motifs is 3. The molecule has 0 radical (unpaired) electrons. The second kappa shape index (κ2) is 12.2. The molecule has 0 unspecified atom stereocenters.